The molecule has 0 radical (unpaired) electrons. The lowest BCUT2D eigenvalue weighted by atomic mass is 9.85. The summed E-state index contributed by atoms with van der Waals surface area (Å²) in [6, 6.07) is 4.85. The molecule has 2 N–H and O–H groups in total. The van der Waals surface area contributed by atoms with E-state index in [9.17, 15) is 0 Å². The highest BCUT2D eigenvalue weighted by Gasteiger charge is 2.17. The molecule has 0 saturated carbocycles. The first-order chi connectivity index (χ1) is 6.18. The van der Waals surface area contributed by atoms with Gasteiger partial charge in [-0.2, -0.15) is 0 Å². The number of hydrogen-bond acceptors (Lipinski definition) is 1. The van der Waals surface area contributed by atoms with E-state index in [4.69, 9.17) is 5.73 Å². The van der Waals surface area contributed by atoms with Crippen molar-refractivity contribution in [3.63, 3.8) is 0 Å². The molecule has 0 amide bonds. The van der Waals surface area contributed by atoms with Crippen LogP contribution < -0.4 is 5.73 Å². The van der Waals surface area contributed by atoms with E-state index >= 15 is 0 Å². The van der Waals surface area contributed by atoms with Crippen molar-refractivity contribution in [2.24, 2.45) is 5.73 Å². The standard InChI is InChI=1S/C12H17N/c1-8-3-4-10-7-11(13)5-6-12(10)9(8)2/h3-4,11H,5-7,13H2,1-2H3. The third kappa shape index (κ3) is 1.49. The molecule has 1 aliphatic carbocycles. The van der Waals surface area contributed by atoms with Gasteiger partial charge in [-0.1, -0.05) is 12.1 Å². The molecule has 70 valence electrons. The van der Waals surface area contributed by atoms with Gasteiger partial charge in [-0.25, -0.2) is 0 Å². The molecule has 13 heavy (non-hydrogen) atoms. The van der Waals surface area contributed by atoms with Crippen molar-refractivity contribution in [2.45, 2.75) is 39.2 Å². The maximum Gasteiger partial charge on any atom is 0.00825 e. The molecule has 1 heteroatoms. The van der Waals surface area contributed by atoms with Crippen LogP contribution in [0.25, 0.3) is 0 Å². The average molecular weight is 175 g/mol. The highest BCUT2D eigenvalue weighted by Crippen LogP contribution is 2.25. The van der Waals surface area contributed by atoms with E-state index in [2.05, 4.69) is 26.0 Å². The Morgan fingerprint density at radius 2 is 2.08 bits per heavy atom. The summed E-state index contributed by atoms with van der Waals surface area (Å²) >= 11 is 0. The van der Waals surface area contributed by atoms with E-state index in [0.29, 0.717) is 6.04 Å². The predicted molar refractivity (Wildman–Crippen MR) is 55.9 cm³/mol. The first kappa shape index (κ1) is 8.76. The minimum atomic E-state index is 0.384. The third-order valence-electron chi connectivity index (χ3n) is 3.21. The van der Waals surface area contributed by atoms with Crippen molar-refractivity contribution in [3.8, 4) is 0 Å². The molecule has 0 bridgehead atoms. The van der Waals surface area contributed by atoms with E-state index in [1.165, 1.54) is 23.1 Å². The second kappa shape index (κ2) is 3.15. The second-order valence-corrected chi connectivity index (χ2v) is 4.15. The summed E-state index contributed by atoms with van der Waals surface area (Å²) in [6.45, 7) is 4.41. The van der Waals surface area contributed by atoms with E-state index in [1.54, 1.807) is 5.56 Å². The fourth-order valence-corrected chi connectivity index (χ4v) is 2.18. The lowest BCUT2D eigenvalue weighted by Gasteiger charge is -2.23. The van der Waals surface area contributed by atoms with Gasteiger partial charge in [-0.05, 0) is 55.4 Å². The molecule has 0 saturated heterocycles. The Morgan fingerprint density at radius 1 is 1.31 bits per heavy atom. The van der Waals surface area contributed by atoms with Crippen molar-refractivity contribution in [2.75, 3.05) is 0 Å². The summed E-state index contributed by atoms with van der Waals surface area (Å²) in [5.74, 6) is 0. The number of rotatable bonds is 0. The van der Waals surface area contributed by atoms with Crippen LogP contribution in [0.5, 0.6) is 0 Å². The summed E-state index contributed by atoms with van der Waals surface area (Å²) < 4.78 is 0. The van der Waals surface area contributed by atoms with Crippen LogP contribution >= 0.6 is 0 Å². The van der Waals surface area contributed by atoms with Gasteiger partial charge < -0.3 is 5.73 Å². The van der Waals surface area contributed by atoms with Crippen LogP contribution in [0.15, 0.2) is 12.1 Å². The van der Waals surface area contributed by atoms with E-state index < -0.39 is 0 Å². The summed E-state index contributed by atoms with van der Waals surface area (Å²) in [6.07, 6.45) is 3.39. The van der Waals surface area contributed by atoms with Gasteiger partial charge in [0.25, 0.3) is 0 Å². The van der Waals surface area contributed by atoms with Crippen molar-refractivity contribution >= 4 is 0 Å². The van der Waals surface area contributed by atoms with Crippen LogP contribution in [0.4, 0.5) is 0 Å². The van der Waals surface area contributed by atoms with Gasteiger partial charge >= 0.3 is 0 Å². The monoisotopic (exact) mass is 175 g/mol. The molecule has 1 aliphatic rings. The van der Waals surface area contributed by atoms with E-state index in [0.717, 1.165) is 12.8 Å². The number of fused-ring (bicyclic) bond motifs is 1. The van der Waals surface area contributed by atoms with Crippen LogP contribution in [-0.4, -0.2) is 6.04 Å². The molecular formula is C12H17N. The minimum Gasteiger partial charge on any atom is -0.327 e. The molecule has 2 rings (SSSR count). The highest BCUT2D eigenvalue weighted by molar-refractivity contribution is 5.41. The zero-order valence-corrected chi connectivity index (χ0v) is 8.43. The molecule has 0 heterocycles. The molecule has 1 atom stereocenters. The minimum absolute atomic E-state index is 0.384. The zero-order valence-electron chi connectivity index (χ0n) is 8.43. The second-order valence-electron chi connectivity index (χ2n) is 4.15. The number of nitrogens with two attached hydrogens (primary N) is 1. The largest absolute Gasteiger partial charge is 0.327 e. The molecular weight excluding hydrogens is 158 g/mol. The molecule has 1 aromatic rings. The molecule has 1 aromatic carbocycles. The molecule has 0 aliphatic heterocycles. The Labute approximate surface area is 80.0 Å². The number of hydrogen-bond donors (Lipinski definition) is 1. The maximum atomic E-state index is 5.94. The van der Waals surface area contributed by atoms with E-state index in [-0.39, 0.29) is 0 Å². The quantitative estimate of drug-likeness (QED) is 0.642. The lowest BCUT2D eigenvalue weighted by molar-refractivity contribution is 0.574. The maximum absolute atomic E-state index is 5.94. The Hall–Kier alpha value is -0.820. The van der Waals surface area contributed by atoms with Crippen molar-refractivity contribution in [1.29, 1.82) is 0 Å². The Morgan fingerprint density at radius 3 is 2.85 bits per heavy atom. The van der Waals surface area contributed by atoms with Crippen molar-refractivity contribution < 1.29 is 0 Å². The average Bonchev–Trinajstić information content (AvgIpc) is 2.12. The lowest BCUT2D eigenvalue weighted by Crippen LogP contribution is -2.28. The third-order valence-corrected chi connectivity index (χ3v) is 3.21. The first-order valence-corrected chi connectivity index (χ1v) is 5.02. The Balaban J connectivity index is 2.47. The smallest absolute Gasteiger partial charge is 0.00825 e. The Kier molecular flexibility index (Phi) is 2.12. The van der Waals surface area contributed by atoms with E-state index in [1.807, 2.05) is 0 Å². The Bertz CT molecular complexity index is 328. The topological polar surface area (TPSA) is 26.0 Å². The van der Waals surface area contributed by atoms with Crippen molar-refractivity contribution in [3.05, 3.63) is 34.4 Å². The number of aryl methyl sites for hydroxylation is 1. The van der Waals surface area contributed by atoms with Crippen LogP contribution in [-0.2, 0) is 12.8 Å². The molecule has 0 aromatic heterocycles. The molecule has 1 unspecified atom stereocenters. The molecule has 0 spiro atoms. The molecule has 0 fully saturated rings. The van der Waals surface area contributed by atoms with Gasteiger partial charge in [0.15, 0.2) is 0 Å². The van der Waals surface area contributed by atoms with Gasteiger partial charge in [0.05, 0.1) is 0 Å². The van der Waals surface area contributed by atoms with Gasteiger partial charge in [-0.15, -0.1) is 0 Å². The van der Waals surface area contributed by atoms with Crippen LogP contribution in [0.3, 0.4) is 0 Å². The van der Waals surface area contributed by atoms with Gasteiger partial charge in [0, 0.05) is 6.04 Å². The molecule has 1 nitrogen and oxygen atoms in total. The first-order valence-electron chi connectivity index (χ1n) is 5.02. The predicted octanol–water partition coefficient (Wildman–Crippen LogP) is 2.12. The zero-order chi connectivity index (χ0) is 9.42. The highest BCUT2D eigenvalue weighted by atomic mass is 14.6. The van der Waals surface area contributed by atoms with Gasteiger partial charge in [0.2, 0.25) is 0 Å². The van der Waals surface area contributed by atoms with Crippen LogP contribution in [0.2, 0.25) is 0 Å². The summed E-state index contributed by atoms with van der Waals surface area (Å²) in [7, 11) is 0. The van der Waals surface area contributed by atoms with Crippen molar-refractivity contribution in [1.82, 2.24) is 0 Å². The van der Waals surface area contributed by atoms with Gasteiger partial charge in [0.1, 0.15) is 0 Å². The fourth-order valence-electron chi connectivity index (χ4n) is 2.18. The summed E-state index contributed by atoms with van der Waals surface area (Å²) in [5, 5.41) is 0. The fraction of sp³-hybridized carbons (Fsp3) is 0.500. The number of benzene rings is 1. The SMILES string of the molecule is Cc1ccc2c(c1C)CCC(N)C2. The van der Waals surface area contributed by atoms with Crippen LogP contribution in [0, 0.1) is 13.8 Å². The summed E-state index contributed by atoms with van der Waals surface area (Å²) in [4.78, 5) is 0. The summed E-state index contributed by atoms with van der Waals surface area (Å²) in [5.41, 5.74) is 11.9. The van der Waals surface area contributed by atoms with Crippen LogP contribution in [0.1, 0.15) is 28.7 Å². The van der Waals surface area contributed by atoms with Gasteiger partial charge in [-0.3, -0.25) is 0 Å². The normalized spacial score (nSPS) is 21.3.